The van der Waals surface area contributed by atoms with Gasteiger partial charge in [-0.15, -0.1) is 0 Å². The van der Waals surface area contributed by atoms with Crippen molar-refractivity contribution in [2.75, 3.05) is 13.2 Å². The SMILES string of the molecule is Cc1cc(C)c(C)c(OC[C@@H](O)C[NH2+]C(C)C)c1. The predicted molar refractivity (Wildman–Crippen MR) is 74.1 cm³/mol. The van der Waals surface area contributed by atoms with E-state index >= 15 is 0 Å². The molecule has 0 aliphatic heterocycles. The number of aryl methyl sites for hydroxylation is 2. The minimum Gasteiger partial charge on any atom is -0.490 e. The molecule has 18 heavy (non-hydrogen) atoms. The molecule has 1 aromatic carbocycles. The molecule has 102 valence electrons. The first-order valence-corrected chi connectivity index (χ1v) is 6.62. The molecule has 0 heterocycles. The fourth-order valence-corrected chi connectivity index (χ4v) is 1.83. The maximum Gasteiger partial charge on any atom is 0.137 e. The van der Waals surface area contributed by atoms with Gasteiger partial charge in [0.05, 0.1) is 6.04 Å². The summed E-state index contributed by atoms with van der Waals surface area (Å²) in [6.45, 7) is 11.5. The van der Waals surface area contributed by atoms with Crippen molar-refractivity contribution in [3.8, 4) is 5.75 Å². The molecular formula is C15H26NO2+. The molecule has 1 atom stereocenters. The van der Waals surface area contributed by atoms with Gasteiger partial charge in [0.25, 0.3) is 0 Å². The summed E-state index contributed by atoms with van der Waals surface area (Å²) in [7, 11) is 0. The number of benzene rings is 1. The Kier molecular flexibility index (Phi) is 5.63. The van der Waals surface area contributed by atoms with Crippen LogP contribution in [0.15, 0.2) is 12.1 Å². The zero-order valence-corrected chi connectivity index (χ0v) is 12.2. The van der Waals surface area contributed by atoms with Gasteiger partial charge in [-0.3, -0.25) is 0 Å². The van der Waals surface area contributed by atoms with Gasteiger partial charge in [0.2, 0.25) is 0 Å². The molecular weight excluding hydrogens is 226 g/mol. The molecule has 3 nitrogen and oxygen atoms in total. The van der Waals surface area contributed by atoms with Crippen molar-refractivity contribution in [1.82, 2.24) is 0 Å². The van der Waals surface area contributed by atoms with Crippen LogP contribution in [0.3, 0.4) is 0 Å². The molecule has 0 unspecified atom stereocenters. The number of quaternary nitrogens is 1. The van der Waals surface area contributed by atoms with Crippen molar-refractivity contribution < 1.29 is 15.2 Å². The number of ether oxygens (including phenoxy) is 1. The average Bonchev–Trinajstić information content (AvgIpc) is 2.29. The maximum absolute atomic E-state index is 9.83. The third kappa shape index (κ3) is 4.67. The molecule has 0 saturated carbocycles. The van der Waals surface area contributed by atoms with Gasteiger partial charge in [-0.1, -0.05) is 6.07 Å². The molecule has 0 radical (unpaired) electrons. The Bertz CT molecular complexity index is 388. The van der Waals surface area contributed by atoms with Crippen molar-refractivity contribution in [2.45, 2.75) is 46.8 Å². The number of hydrogen-bond acceptors (Lipinski definition) is 2. The second-order valence-corrected chi connectivity index (χ2v) is 5.39. The van der Waals surface area contributed by atoms with Crippen LogP contribution in [0.25, 0.3) is 0 Å². The molecule has 3 N–H and O–H groups in total. The van der Waals surface area contributed by atoms with E-state index in [-0.39, 0.29) is 0 Å². The number of nitrogens with two attached hydrogens (primary N) is 1. The third-order valence-corrected chi connectivity index (χ3v) is 3.07. The summed E-state index contributed by atoms with van der Waals surface area (Å²) in [5, 5.41) is 11.9. The largest absolute Gasteiger partial charge is 0.490 e. The van der Waals surface area contributed by atoms with Crippen LogP contribution in [-0.4, -0.2) is 30.4 Å². The number of aliphatic hydroxyl groups excluding tert-OH is 1. The van der Waals surface area contributed by atoms with Crippen LogP contribution in [0.1, 0.15) is 30.5 Å². The van der Waals surface area contributed by atoms with Crippen molar-refractivity contribution in [2.24, 2.45) is 0 Å². The van der Waals surface area contributed by atoms with Crippen molar-refractivity contribution in [3.63, 3.8) is 0 Å². The predicted octanol–water partition coefficient (Wildman–Crippen LogP) is 1.32. The highest BCUT2D eigenvalue weighted by atomic mass is 16.5. The average molecular weight is 252 g/mol. The van der Waals surface area contributed by atoms with Crippen LogP contribution in [0.4, 0.5) is 0 Å². The van der Waals surface area contributed by atoms with E-state index < -0.39 is 6.10 Å². The number of aliphatic hydroxyl groups is 1. The molecule has 1 rings (SSSR count). The maximum atomic E-state index is 9.83. The molecule has 0 bridgehead atoms. The molecule has 0 aromatic heterocycles. The van der Waals surface area contributed by atoms with E-state index in [2.05, 4.69) is 46.0 Å². The van der Waals surface area contributed by atoms with E-state index in [0.717, 1.165) is 11.3 Å². The Morgan fingerprint density at radius 1 is 1.22 bits per heavy atom. The summed E-state index contributed by atoms with van der Waals surface area (Å²) in [6.07, 6.45) is -0.424. The quantitative estimate of drug-likeness (QED) is 0.802. The zero-order chi connectivity index (χ0) is 13.7. The Morgan fingerprint density at radius 2 is 1.89 bits per heavy atom. The van der Waals surface area contributed by atoms with Crippen LogP contribution < -0.4 is 10.1 Å². The molecule has 0 spiro atoms. The first-order chi connectivity index (χ1) is 8.40. The summed E-state index contributed by atoms with van der Waals surface area (Å²) in [4.78, 5) is 0. The van der Waals surface area contributed by atoms with Crippen LogP contribution >= 0.6 is 0 Å². The Balaban J connectivity index is 2.53. The lowest BCUT2D eigenvalue weighted by Gasteiger charge is -2.15. The smallest absolute Gasteiger partial charge is 0.137 e. The molecule has 0 aliphatic carbocycles. The van der Waals surface area contributed by atoms with E-state index in [1.807, 2.05) is 6.07 Å². The zero-order valence-electron chi connectivity index (χ0n) is 12.2. The molecule has 0 fully saturated rings. The lowest BCUT2D eigenvalue weighted by atomic mass is 10.1. The van der Waals surface area contributed by atoms with Gasteiger partial charge >= 0.3 is 0 Å². The van der Waals surface area contributed by atoms with Gasteiger partial charge < -0.3 is 15.2 Å². The van der Waals surface area contributed by atoms with Gasteiger partial charge in [-0.2, -0.15) is 0 Å². The van der Waals surface area contributed by atoms with E-state index in [9.17, 15) is 5.11 Å². The first kappa shape index (κ1) is 15.0. The van der Waals surface area contributed by atoms with Gasteiger partial charge in [-0.05, 0) is 57.4 Å². The highest BCUT2D eigenvalue weighted by molar-refractivity contribution is 5.41. The Labute approximate surface area is 110 Å². The highest BCUT2D eigenvalue weighted by Crippen LogP contribution is 2.23. The van der Waals surface area contributed by atoms with E-state index in [1.165, 1.54) is 11.1 Å². The monoisotopic (exact) mass is 252 g/mol. The minimum atomic E-state index is -0.424. The standard InChI is InChI=1S/C15H25NO2/c1-10(2)16-8-14(17)9-18-15-7-11(3)6-12(4)13(15)5/h6-7,10,14,16-17H,8-9H2,1-5H3/p+1/t14-/m0/s1. The number of rotatable bonds is 6. The topological polar surface area (TPSA) is 46.1 Å². The van der Waals surface area contributed by atoms with Crippen molar-refractivity contribution >= 4 is 0 Å². The second kappa shape index (κ2) is 6.76. The summed E-state index contributed by atoms with van der Waals surface area (Å²) in [5.74, 6) is 0.885. The van der Waals surface area contributed by atoms with Gasteiger partial charge in [-0.25, -0.2) is 0 Å². The van der Waals surface area contributed by atoms with Crippen LogP contribution in [0.5, 0.6) is 5.75 Å². The minimum absolute atomic E-state index is 0.354. The Hall–Kier alpha value is -1.06. The van der Waals surface area contributed by atoms with Crippen LogP contribution in [0.2, 0.25) is 0 Å². The summed E-state index contributed by atoms with van der Waals surface area (Å²) in [5.41, 5.74) is 3.57. The normalized spacial score (nSPS) is 12.8. The molecule has 1 aromatic rings. The van der Waals surface area contributed by atoms with Gasteiger partial charge in [0.1, 0.15) is 25.0 Å². The molecule has 0 aliphatic rings. The lowest BCUT2D eigenvalue weighted by molar-refractivity contribution is -0.688. The molecule has 0 amide bonds. The van der Waals surface area contributed by atoms with Crippen molar-refractivity contribution in [1.29, 1.82) is 0 Å². The first-order valence-electron chi connectivity index (χ1n) is 6.62. The van der Waals surface area contributed by atoms with E-state index in [0.29, 0.717) is 19.2 Å². The van der Waals surface area contributed by atoms with Crippen molar-refractivity contribution in [3.05, 3.63) is 28.8 Å². The lowest BCUT2D eigenvalue weighted by Crippen LogP contribution is -2.90. The molecule has 0 saturated heterocycles. The van der Waals surface area contributed by atoms with Gasteiger partial charge in [0, 0.05) is 0 Å². The fourth-order valence-electron chi connectivity index (χ4n) is 1.83. The fraction of sp³-hybridized carbons (Fsp3) is 0.600. The summed E-state index contributed by atoms with van der Waals surface area (Å²) >= 11 is 0. The summed E-state index contributed by atoms with van der Waals surface area (Å²) in [6, 6.07) is 4.68. The second-order valence-electron chi connectivity index (χ2n) is 5.39. The highest BCUT2D eigenvalue weighted by Gasteiger charge is 2.10. The van der Waals surface area contributed by atoms with Crippen LogP contribution in [0, 0.1) is 20.8 Å². The van der Waals surface area contributed by atoms with Gasteiger partial charge in [0.15, 0.2) is 0 Å². The summed E-state index contributed by atoms with van der Waals surface area (Å²) < 4.78 is 5.72. The third-order valence-electron chi connectivity index (χ3n) is 3.07. The van der Waals surface area contributed by atoms with E-state index in [4.69, 9.17) is 4.74 Å². The van der Waals surface area contributed by atoms with E-state index in [1.54, 1.807) is 0 Å². The Morgan fingerprint density at radius 3 is 2.50 bits per heavy atom. The molecule has 3 heteroatoms. The number of hydrogen-bond donors (Lipinski definition) is 2. The van der Waals surface area contributed by atoms with Crippen LogP contribution in [-0.2, 0) is 0 Å².